The highest BCUT2D eigenvalue weighted by molar-refractivity contribution is 7.44. The Morgan fingerprint density at radius 3 is 1.39 bits per heavy atom. The molecule has 0 aromatic heterocycles. The highest BCUT2D eigenvalue weighted by atomic mass is 31.2. The smallest absolute Gasteiger partial charge is 0.303 e. The van der Waals surface area contributed by atoms with Gasteiger partial charge < -0.3 is 126 Å². The molecule has 41 nitrogen and oxygen atoms in total. The zero-order chi connectivity index (χ0) is 103. The van der Waals surface area contributed by atoms with E-state index in [1.54, 1.807) is 14.2 Å². The number of amides is 7. The van der Waals surface area contributed by atoms with E-state index < -0.39 is 165 Å². The fourth-order valence-corrected chi connectivity index (χ4v) is 18.2. The molecule has 3 saturated heterocycles. The largest absolute Gasteiger partial charge is 0.497 e. The number of benzene rings is 4. The molecule has 5 unspecified atom stereocenters. The monoisotopic (exact) mass is 2000 g/mol. The van der Waals surface area contributed by atoms with Crippen molar-refractivity contribution in [3.63, 3.8) is 0 Å². The van der Waals surface area contributed by atoms with Crippen LogP contribution in [-0.4, -0.2) is 306 Å². The molecular weight excluding hydrogens is 1860 g/mol. The van der Waals surface area contributed by atoms with Gasteiger partial charge in [0.1, 0.15) is 48.0 Å². The van der Waals surface area contributed by atoms with Crippen molar-refractivity contribution in [2.75, 3.05) is 151 Å². The van der Waals surface area contributed by atoms with Gasteiger partial charge >= 0.3 is 35.8 Å². The van der Waals surface area contributed by atoms with Crippen LogP contribution < -0.4 is 41.4 Å². The minimum Gasteiger partial charge on any atom is -0.497 e. The molecule has 42 heteroatoms. The molecule has 13 atom stereocenters. The third-order valence-corrected chi connectivity index (χ3v) is 25.3. The molecule has 3 fully saturated rings. The fourth-order valence-electron chi connectivity index (χ4n) is 16.5. The minimum atomic E-state index is -1.64. The molecule has 0 aliphatic carbocycles. The summed E-state index contributed by atoms with van der Waals surface area (Å²) < 4.78 is 114. The number of carbonyl (C=O) groups is 13. The molecule has 4 aromatic carbocycles. The van der Waals surface area contributed by atoms with E-state index in [0.717, 1.165) is 70.6 Å². The van der Waals surface area contributed by atoms with Crippen molar-refractivity contribution in [2.24, 2.45) is 10.8 Å². The van der Waals surface area contributed by atoms with E-state index in [1.807, 2.05) is 71.6 Å². The maximum absolute atomic E-state index is 14.7. The summed E-state index contributed by atoms with van der Waals surface area (Å²) in [6.45, 7) is 22.1. The fraction of sp³-hybridized carbons (Fsp3) is 0.616. The lowest BCUT2D eigenvalue weighted by atomic mass is 9.68. The third kappa shape index (κ3) is 38.3. The zero-order valence-electron chi connectivity index (χ0n) is 83.7. The second-order valence-corrected chi connectivity index (χ2v) is 36.7. The first-order valence-electron chi connectivity index (χ1n) is 47.5. The van der Waals surface area contributed by atoms with Crippen LogP contribution in [0.1, 0.15) is 199 Å². The molecule has 3 heterocycles. The van der Waals surface area contributed by atoms with Gasteiger partial charge in [-0.15, -0.1) is 0 Å². The van der Waals surface area contributed by atoms with Crippen LogP contribution in [0.25, 0.3) is 0 Å². The van der Waals surface area contributed by atoms with Gasteiger partial charge in [0.05, 0.1) is 126 Å². The van der Waals surface area contributed by atoms with Crippen molar-refractivity contribution in [2.45, 2.75) is 240 Å². The summed E-state index contributed by atoms with van der Waals surface area (Å²) in [5, 5.41) is 25.6. The maximum Gasteiger partial charge on any atom is 0.303 e. The third-order valence-electron chi connectivity index (χ3n) is 23.3. The van der Waals surface area contributed by atoms with Gasteiger partial charge in [0.25, 0.3) is 20.3 Å². The number of likely N-dealkylation sites (tertiary alicyclic amines) is 1. The number of unbranched alkanes of at least 4 members (excludes halogenated alkanes) is 5. The molecule has 780 valence electrons. The number of methoxy groups -OCH3 is 2. The molecule has 7 rings (SSSR count). The van der Waals surface area contributed by atoms with Crippen LogP contribution in [0.4, 0.5) is 5.69 Å². The lowest BCUT2D eigenvalue weighted by Crippen LogP contribution is -2.66. The van der Waals surface area contributed by atoms with Crippen molar-refractivity contribution in [1.82, 2.24) is 36.2 Å². The second kappa shape index (κ2) is 60.5. The molecule has 4 aromatic rings. The molecule has 0 spiro atoms. The number of nitrogens with zero attached hydrogens (tertiary/aromatic N) is 3. The van der Waals surface area contributed by atoms with Crippen LogP contribution in [0.15, 0.2) is 97.1 Å². The number of hydrogen-bond donors (Lipinski definition) is 6. The van der Waals surface area contributed by atoms with Crippen LogP contribution in [-0.2, 0) is 138 Å². The summed E-state index contributed by atoms with van der Waals surface area (Å²) in [6, 6.07) is 29.8. The first-order chi connectivity index (χ1) is 67.3. The number of esters is 6. The summed E-state index contributed by atoms with van der Waals surface area (Å²) in [6.07, 6.45) is -5.10. The van der Waals surface area contributed by atoms with Crippen LogP contribution >= 0.6 is 8.53 Å². The van der Waals surface area contributed by atoms with Crippen molar-refractivity contribution >= 4 is 91.4 Å². The van der Waals surface area contributed by atoms with Gasteiger partial charge in [0.2, 0.25) is 29.5 Å². The Balaban J connectivity index is 0.927. The van der Waals surface area contributed by atoms with E-state index in [1.165, 1.54) is 39.0 Å². The molecule has 0 radical (unpaired) electrons. The molecule has 7 amide bonds. The zero-order valence-corrected chi connectivity index (χ0v) is 84.6. The van der Waals surface area contributed by atoms with E-state index in [4.69, 9.17) is 89.6 Å². The van der Waals surface area contributed by atoms with Crippen molar-refractivity contribution < 1.29 is 152 Å². The van der Waals surface area contributed by atoms with Gasteiger partial charge in [-0.2, -0.15) is 5.26 Å². The number of anilines is 1. The maximum atomic E-state index is 14.7. The first-order valence-corrected chi connectivity index (χ1v) is 48.6. The predicted octanol–water partition coefficient (Wildman–Crippen LogP) is 8.30. The summed E-state index contributed by atoms with van der Waals surface area (Å²) in [5.74, 6) is -6.34. The Labute approximate surface area is 825 Å². The summed E-state index contributed by atoms with van der Waals surface area (Å²) >= 11 is 0. The summed E-state index contributed by atoms with van der Waals surface area (Å²) in [7, 11) is 1.61. The van der Waals surface area contributed by atoms with Gasteiger partial charge in [-0.3, -0.25) is 62.3 Å². The van der Waals surface area contributed by atoms with E-state index >= 15 is 0 Å². The van der Waals surface area contributed by atoms with Gasteiger partial charge in [-0.05, 0) is 99.7 Å². The minimum absolute atomic E-state index is 0.00126. The van der Waals surface area contributed by atoms with E-state index in [9.17, 15) is 67.6 Å². The highest BCUT2D eigenvalue weighted by Gasteiger charge is 2.57. The van der Waals surface area contributed by atoms with Gasteiger partial charge in [-0.25, -0.2) is 4.67 Å². The van der Waals surface area contributed by atoms with Crippen LogP contribution in [0, 0.1) is 22.2 Å². The molecular formula is C99H142N9O32P. The molecule has 3 aliphatic rings. The second-order valence-electron chi connectivity index (χ2n) is 35.2. The predicted molar refractivity (Wildman–Crippen MR) is 510 cm³/mol. The van der Waals surface area contributed by atoms with Crippen molar-refractivity contribution in [3.8, 4) is 17.6 Å². The highest BCUT2D eigenvalue weighted by Crippen LogP contribution is 2.54. The first kappa shape index (κ1) is 117. The number of nitriles is 1. The van der Waals surface area contributed by atoms with E-state index in [2.05, 4.69) is 96.3 Å². The Hall–Kier alpha value is -11.0. The quantitative estimate of drug-likeness (QED) is 0.00795. The van der Waals surface area contributed by atoms with Crippen LogP contribution in [0.3, 0.4) is 0 Å². The average Bonchev–Trinajstić information content (AvgIpc) is 1.60. The van der Waals surface area contributed by atoms with Gasteiger partial charge in [-0.1, -0.05) is 94.1 Å². The van der Waals surface area contributed by atoms with Crippen LogP contribution in [0.2, 0.25) is 0 Å². The molecule has 6 N–H and O–H groups in total. The topological polar surface area (TPSA) is 500 Å². The van der Waals surface area contributed by atoms with Gasteiger partial charge in [0.15, 0.2) is 37.0 Å². The Bertz CT molecular complexity index is 4650. The lowest BCUT2D eigenvalue weighted by Gasteiger charge is -2.45. The molecule has 0 bridgehead atoms. The summed E-state index contributed by atoms with van der Waals surface area (Å²) in [5.41, 5.74) is 0.0338. The number of nitrogens with one attached hydrogen (secondary N) is 6. The normalized spacial score (nSPS) is 20.7. The van der Waals surface area contributed by atoms with E-state index in [0.29, 0.717) is 50.3 Å². The average molecular weight is 2000 g/mol. The number of rotatable bonds is 62. The van der Waals surface area contributed by atoms with Gasteiger partial charge in [0, 0.05) is 141 Å². The molecule has 141 heavy (non-hydrogen) atoms. The van der Waals surface area contributed by atoms with Crippen LogP contribution in [0.5, 0.6) is 11.5 Å². The number of carbonyl (C=O) groups excluding carboxylic acids is 13. The Morgan fingerprint density at radius 1 is 0.489 bits per heavy atom. The van der Waals surface area contributed by atoms with Crippen molar-refractivity contribution in [1.29, 1.82) is 5.26 Å². The van der Waals surface area contributed by atoms with E-state index in [-0.39, 0.29) is 166 Å². The Kier molecular flexibility index (Phi) is 50.2. The number of ether oxygens (including phenoxy) is 17. The summed E-state index contributed by atoms with van der Waals surface area (Å²) in [4.78, 5) is 168. The number of hydrogen-bond acceptors (Lipinski definition) is 34. The Morgan fingerprint density at radius 2 is 0.929 bits per heavy atom. The van der Waals surface area contributed by atoms with Crippen molar-refractivity contribution in [3.05, 3.63) is 125 Å². The standard InChI is InChI=1S/C99H142N9O32P/c1-64(2)108(65(3)4)141(133-43-26-40-100)134-63-98(14)61-107(60-97(98,13)62-132-99(76-27-22-21-23-28-76,77-31-35-80(122-15)36-32-77)78-33-37-81(123-16)38-34-78)86(119)30-25-20-18-17-19-24-29-84(117)103-58-85(118)106-79-56-74(93(120)101-41-45-124-47-49-126-51-53-129-95-87(104-66(5)109)91(137-72(11)115)89(135-70(9)113)82(139-95)39-44-128-68(7)111)55-75(57-79)94(121)102-42-46-125-48-50-127-52-54-130-96-88(105-67(6)110)92(138-73(12)116)90(136-71(10)114)83(140-96)59-131-69(8)112/h21-23,27-28,31-38,55-57,64-65,82-83,87-92,95-96H,17-20,24-26,29-30,39,41-54,58-63H2,1-16H3,(H,101,120)(H,102,121)(H,103,117)(H,104,109)(H,105,110)(H,106,118)/t82-,83-,87-,88-,89+,90+,91-,92-,95?,96?,97?,98?,141?/m1/s1. The molecule has 3 aliphatic heterocycles. The lowest BCUT2D eigenvalue weighted by molar-refractivity contribution is -0.279. The molecule has 0 saturated carbocycles. The SMILES string of the molecule is COc1ccc(C(OCC2(C)CN(C(=O)CCCCCCCCC(=O)NCC(=O)Nc3cc(C(=O)NCCOCCOCCOC4O[C@H](CCOC(C)=O)[C@H](OC(C)=O)[C@H](OC(C)=O)[C@H]4NC(C)=O)cc(C(=O)NCCOCCOCCOC4O[C@H](COC(C)=O)[C@H](OC(C)=O)[C@H](OC(C)=O)[C@H]4NC(C)=O)c3)CC2(C)COP(OCCC#N)N(C(C)C)C(C)C)(c2ccccc2)c2ccc(OC)cc2)cc1.